The third-order valence-electron chi connectivity index (χ3n) is 3.58. The number of rotatable bonds is 8. The Morgan fingerprint density at radius 3 is 2.50 bits per heavy atom. The predicted molar refractivity (Wildman–Crippen MR) is 103 cm³/mol. The number of amides is 1. The van der Waals surface area contributed by atoms with E-state index in [9.17, 15) is 9.59 Å². The maximum atomic E-state index is 12.2. The van der Waals surface area contributed by atoms with E-state index in [0.717, 1.165) is 16.2 Å². The normalized spacial score (nSPS) is 10.7. The molecule has 1 aromatic carbocycles. The SMILES string of the molecule is CCN(Cc1ccc(Cl)s1)C(=O)COC(=O)/C=C/c1ccc(OC)cc1. The van der Waals surface area contributed by atoms with Gasteiger partial charge in [-0.2, -0.15) is 0 Å². The predicted octanol–water partition coefficient (Wildman–Crippen LogP) is 4.02. The minimum Gasteiger partial charge on any atom is -0.497 e. The second kappa shape index (κ2) is 9.99. The first-order valence-corrected chi connectivity index (χ1v) is 9.22. The fourth-order valence-corrected chi connectivity index (χ4v) is 3.26. The Kier molecular flexibility index (Phi) is 7.69. The number of thiophene rings is 1. The summed E-state index contributed by atoms with van der Waals surface area (Å²) in [6.45, 7) is 2.55. The van der Waals surface area contributed by atoms with Crippen LogP contribution in [0.1, 0.15) is 17.4 Å². The van der Waals surface area contributed by atoms with Gasteiger partial charge < -0.3 is 14.4 Å². The smallest absolute Gasteiger partial charge is 0.331 e. The van der Waals surface area contributed by atoms with Crippen molar-refractivity contribution < 1.29 is 19.1 Å². The summed E-state index contributed by atoms with van der Waals surface area (Å²) < 4.78 is 10.8. The molecule has 0 unspecified atom stereocenters. The van der Waals surface area contributed by atoms with Gasteiger partial charge in [-0.3, -0.25) is 4.79 Å². The van der Waals surface area contributed by atoms with E-state index >= 15 is 0 Å². The summed E-state index contributed by atoms with van der Waals surface area (Å²) in [5, 5.41) is 0. The summed E-state index contributed by atoms with van der Waals surface area (Å²) in [7, 11) is 1.59. The number of hydrogen-bond acceptors (Lipinski definition) is 5. The summed E-state index contributed by atoms with van der Waals surface area (Å²) in [4.78, 5) is 26.6. The molecule has 138 valence electrons. The van der Waals surface area contributed by atoms with Gasteiger partial charge in [-0.25, -0.2) is 4.79 Å². The standard InChI is InChI=1S/C19H20ClNO4S/c1-3-21(12-16-9-10-17(20)26-16)18(22)13-25-19(23)11-6-14-4-7-15(24-2)8-5-14/h4-11H,3,12-13H2,1-2H3/b11-6+. The Labute approximate surface area is 161 Å². The highest BCUT2D eigenvalue weighted by Crippen LogP contribution is 2.22. The Bertz CT molecular complexity index is 770. The van der Waals surface area contributed by atoms with E-state index in [0.29, 0.717) is 17.4 Å². The molecule has 0 spiro atoms. The fourth-order valence-electron chi connectivity index (χ4n) is 2.15. The van der Waals surface area contributed by atoms with E-state index < -0.39 is 5.97 Å². The number of benzene rings is 1. The highest BCUT2D eigenvalue weighted by atomic mass is 35.5. The molecular formula is C19H20ClNO4S. The third-order valence-corrected chi connectivity index (χ3v) is 4.79. The van der Waals surface area contributed by atoms with Crippen molar-refractivity contribution in [2.45, 2.75) is 13.5 Å². The largest absolute Gasteiger partial charge is 0.497 e. The quantitative estimate of drug-likeness (QED) is 0.502. The Morgan fingerprint density at radius 2 is 1.92 bits per heavy atom. The highest BCUT2D eigenvalue weighted by molar-refractivity contribution is 7.16. The fraction of sp³-hybridized carbons (Fsp3) is 0.263. The van der Waals surface area contributed by atoms with Crippen molar-refractivity contribution in [3.05, 3.63) is 57.3 Å². The van der Waals surface area contributed by atoms with Gasteiger partial charge in [0.25, 0.3) is 5.91 Å². The van der Waals surface area contributed by atoms with E-state index in [2.05, 4.69) is 0 Å². The van der Waals surface area contributed by atoms with Crippen LogP contribution in [0.3, 0.4) is 0 Å². The second-order valence-electron chi connectivity index (χ2n) is 5.33. The molecular weight excluding hydrogens is 374 g/mol. The number of ether oxygens (including phenoxy) is 2. The molecule has 0 atom stereocenters. The lowest BCUT2D eigenvalue weighted by atomic mass is 10.2. The average Bonchev–Trinajstić information content (AvgIpc) is 3.07. The first-order chi connectivity index (χ1) is 12.5. The summed E-state index contributed by atoms with van der Waals surface area (Å²) in [6, 6.07) is 10.9. The van der Waals surface area contributed by atoms with Gasteiger partial charge >= 0.3 is 5.97 Å². The lowest BCUT2D eigenvalue weighted by molar-refractivity contribution is -0.148. The second-order valence-corrected chi connectivity index (χ2v) is 7.13. The molecule has 26 heavy (non-hydrogen) atoms. The molecule has 0 bridgehead atoms. The van der Waals surface area contributed by atoms with Crippen molar-refractivity contribution in [1.82, 2.24) is 4.90 Å². The third kappa shape index (κ3) is 6.20. The lowest BCUT2D eigenvalue weighted by Gasteiger charge is -2.19. The van der Waals surface area contributed by atoms with Crippen LogP contribution >= 0.6 is 22.9 Å². The number of likely N-dealkylation sites (N-methyl/N-ethyl adjacent to an activating group) is 1. The van der Waals surface area contributed by atoms with Crippen LogP contribution in [0.2, 0.25) is 4.34 Å². The zero-order chi connectivity index (χ0) is 18.9. The number of esters is 1. The molecule has 1 aromatic heterocycles. The van der Waals surface area contributed by atoms with Gasteiger partial charge in [-0.05, 0) is 42.8 Å². The van der Waals surface area contributed by atoms with Crippen LogP contribution in [0.25, 0.3) is 6.08 Å². The van der Waals surface area contributed by atoms with Crippen LogP contribution in [-0.2, 0) is 20.9 Å². The van der Waals surface area contributed by atoms with E-state index in [4.69, 9.17) is 21.1 Å². The Balaban J connectivity index is 1.82. The Hall–Kier alpha value is -2.31. The molecule has 0 aliphatic heterocycles. The summed E-state index contributed by atoms with van der Waals surface area (Å²) in [5.41, 5.74) is 0.832. The zero-order valence-corrected chi connectivity index (χ0v) is 16.2. The maximum Gasteiger partial charge on any atom is 0.331 e. The van der Waals surface area contributed by atoms with Crippen molar-refractivity contribution in [2.24, 2.45) is 0 Å². The summed E-state index contributed by atoms with van der Waals surface area (Å²) in [6.07, 6.45) is 2.92. The van der Waals surface area contributed by atoms with E-state index in [1.54, 1.807) is 36.3 Å². The van der Waals surface area contributed by atoms with Crippen molar-refractivity contribution in [3.8, 4) is 5.75 Å². The topological polar surface area (TPSA) is 55.8 Å². The molecule has 7 heteroatoms. The number of hydrogen-bond donors (Lipinski definition) is 0. The molecule has 0 aliphatic carbocycles. The van der Waals surface area contributed by atoms with Gasteiger partial charge in [0.2, 0.25) is 0 Å². The molecule has 0 saturated heterocycles. The van der Waals surface area contributed by atoms with E-state index in [1.807, 2.05) is 25.1 Å². The van der Waals surface area contributed by atoms with Crippen molar-refractivity contribution in [1.29, 1.82) is 0 Å². The monoisotopic (exact) mass is 393 g/mol. The minimum atomic E-state index is -0.565. The molecule has 1 amide bonds. The number of carbonyl (C=O) groups excluding carboxylic acids is 2. The number of carbonyl (C=O) groups is 2. The number of methoxy groups -OCH3 is 1. The first-order valence-electron chi connectivity index (χ1n) is 8.02. The van der Waals surface area contributed by atoms with Crippen LogP contribution in [-0.4, -0.2) is 37.0 Å². The van der Waals surface area contributed by atoms with Gasteiger partial charge in [0.15, 0.2) is 6.61 Å². The van der Waals surface area contributed by atoms with Gasteiger partial charge in [0, 0.05) is 17.5 Å². The average molecular weight is 394 g/mol. The van der Waals surface area contributed by atoms with Crippen LogP contribution < -0.4 is 4.74 Å². The van der Waals surface area contributed by atoms with Crippen LogP contribution in [0.15, 0.2) is 42.5 Å². The Morgan fingerprint density at radius 1 is 1.19 bits per heavy atom. The zero-order valence-electron chi connectivity index (χ0n) is 14.6. The maximum absolute atomic E-state index is 12.2. The highest BCUT2D eigenvalue weighted by Gasteiger charge is 2.14. The van der Waals surface area contributed by atoms with Crippen molar-refractivity contribution in [2.75, 3.05) is 20.3 Å². The summed E-state index contributed by atoms with van der Waals surface area (Å²) >= 11 is 7.33. The molecule has 2 aromatic rings. The van der Waals surface area contributed by atoms with Crippen LogP contribution in [0.4, 0.5) is 0 Å². The van der Waals surface area contributed by atoms with E-state index in [-0.39, 0.29) is 12.5 Å². The molecule has 0 aliphatic rings. The van der Waals surface area contributed by atoms with Crippen molar-refractivity contribution in [3.63, 3.8) is 0 Å². The number of nitrogens with zero attached hydrogens (tertiary/aromatic N) is 1. The molecule has 5 nitrogen and oxygen atoms in total. The molecule has 1 heterocycles. The van der Waals surface area contributed by atoms with Gasteiger partial charge in [0.05, 0.1) is 18.0 Å². The van der Waals surface area contributed by atoms with Gasteiger partial charge in [-0.15, -0.1) is 11.3 Å². The first kappa shape index (κ1) is 20.0. The molecule has 0 fully saturated rings. The molecule has 0 N–H and O–H groups in total. The molecule has 0 radical (unpaired) electrons. The van der Waals surface area contributed by atoms with E-state index in [1.165, 1.54) is 17.4 Å². The van der Waals surface area contributed by atoms with Gasteiger partial charge in [-0.1, -0.05) is 23.7 Å². The van der Waals surface area contributed by atoms with Gasteiger partial charge in [0.1, 0.15) is 5.75 Å². The van der Waals surface area contributed by atoms with Crippen LogP contribution in [0.5, 0.6) is 5.75 Å². The molecule has 2 rings (SSSR count). The number of halogens is 1. The molecule has 0 saturated carbocycles. The minimum absolute atomic E-state index is 0.247. The summed E-state index contributed by atoms with van der Waals surface area (Å²) in [5.74, 6) is -0.0744. The van der Waals surface area contributed by atoms with Crippen LogP contribution in [0, 0.1) is 0 Å². The lowest BCUT2D eigenvalue weighted by Crippen LogP contribution is -2.33. The van der Waals surface area contributed by atoms with Crippen molar-refractivity contribution >= 4 is 40.9 Å².